The van der Waals surface area contributed by atoms with E-state index in [1.165, 1.54) is 0 Å². The normalized spacial score (nSPS) is 23.6. The van der Waals surface area contributed by atoms with Crippen molar-refractivity contribution in [2.24, 2.45) is 4.99 Å². The molecule has 6 nitrogen and oxygen atoms in total. The first kappa shape index (κ1) is 20.9. The summed E-state index contributed by atoms with van der Waals surface area (Å²) in [6, 6.07) is 0. The van der Waals surface area contributed by atoms with Crippen molar-refractivity contribution in [3.63, 3.8) is 0 Å². The van der Waals surface area contributed by atoms with E-state index in [4.69, 9.17) is 9.47 Å². The average molecular weight is 441 g/mol. The molecule has 1 aliphatic heterocycles. The summed E-state index contributed by atoms with van der Waals surface area (Å²) < 4.78 is 11.0. The molecule has 1 saturated carbocycles. The van der Waals surface area contributed by atoms with Crippen LogP contribution in [0.15, 0.2) is 4.99 Å². The Hall–Kier alpha value is -0.120. The summed E-state index contributed by atoms with van der Waals surface area (Å²) in [5.74, 6) is 0.784. The first-order chi connectivity index (χ1) is 10.7. The molecule has 23 heavy (non-hydrogen) atoms. The van der Waals surface area contributed by atoms with Gasteiger partial charge in [-0.3, -0.25) is 4.99 Å². The van der Waals surface area contributed by atoms with Crippen LogP contribution >= 0.6 is 24.0 Å². The van der Waals surface area contributed by atoms with Gasteiger partial charge >= 0.3 is 0 Å². The number of halogens is 1. The van der Waals surface area contributed by atoms with Gasteiger partial charge in [-0.05, 0) is 32.6 Å². The monoisotopic (exact) mass is 441 g/mol. The number of rotatable bonds is 8. The van der Waals surface area contributed by atoms with Crippen LogP contribution in [0.4, 0.5) is 0 Å². The Labute approximate surface area is 156 Å². The zero-order valence-electron chi connectivity index (χ0n) is 14.2. The van der Waals surface area contributed by atoms with E-state index in [0.29, 0.717) is 6.54 Å². The third-order valence-electron chi connectivity index (χ3n) is 4.26. The quantitative estimate of drug-likeness (QED) is 0.231. The fraction of sp³-hybridized carbons (Fsp3) is 0.938. The molecule has 7 heteroatoms. The van der Waals surface area contributed by atoms with Gasteiger partial charge in [0.05, 0.1) is 24.9 Å². The minimum atomic E-state index is -0.589. The highest BCUT2D eigenvalue weighted by molar-refractivity contribution is 14.0. The third-order valence-corrected chi connectivity index (χ3v) is 4.26. The van der Waals surface area contributed by atoms with Crippen LogP contribution < -0.4 is 10.6 Å². The Bertz CT molecular complexity index is 343. The van der Waals surface area contributed by atoms with Gasteiger partial charge < -0.3 is 25.2 Å². The van der Waals surface area contributed by atoms with Gasteiger partial charge in [0.2, 0.25) is 0 Å². The summed E-state index contributed by atoms with van der Waals surface area (Å²) in [5, 5.41) is 16.9. The van der Waals surface area contributed by atoms with Gasteiger partial charge in [-0.25, -0.2) is 0 Å². The van der Waals surface area contributed by atoms with Crippen LogP contribution in [-0.4, -0.2) is 62.2 Å². The molecule has 0 radical (unpaired) electrons. The smallest absolute Gasteiger partial charge is 0.191 e. The Balaban J connectivity index is 0.00000264. The van der Waals surface area contributed by atoms with Gasteiger partial charge in [-0.1, -0.05) is 12.8 Å². The lowest BCUT2D eigenvalue weighted by Gasteiger charge is -2.20. The van der Waals surface area contributed by atoms with Crippen molar-refractivity contribution < 1.29 is 14.6 Å². The molecule has 2 fully saturated rings. The molecule has 1 atom stereocenters. The first-order valence-electron chi connectivity index (χ1n) is 8.66. The van der Waals surface area contributed by atoms with Gasteiger partial charge in [-0.2, -0.15) is 0 Å². The average Bonchev–Trinajstić information content (AvgIpc) is 3.16. The molecule has 1 unspecified atom stereocenters. The molecule has 0 amide bonds. The fourth-order valence-electron chi connectivity index (χ4n) is 2.93. The highest BCUT2D eigenvalue weighted by atomic mass is 127. The Morgan fingerprint density at radius 2 is 2.13 bits per heavy atom. The van der Waals surface area contributed by atoms with Gasteiger partial charge in [-0.15, -0.1) is 24.0 Å². The molecule has 1 heterocycles. The lowest BCUT2D eigenvalue weighted by Crippen LogP contribution is -2.40. The molecule has 0 spiro atoms. The third kappa shape index (κ3) is 8.00. The molecule has 3 N–H and O–H groups in total. The van der Waals surface area contributed by atoms with Crippen LogP contribution in [-0.2, 0) is 9.47 Å². The molecule has 0 aromatic rings. The van der Waals surface area contributed by atoms with E-state index < -0.39 is 5.60 Å². The number of nitrogens with one attached hydrogen (secondary N) is 2. The maximum absolute atomic E-state index is 10.3. The molecule has 0 aromatic heterocycles. The topological polar surface area (TPSA) is 75.1 Å². The minimum absolute atomic E-state index is 0. The number of aliphatic imine (C=N–C) groups is 1. The standard InChI is InChI=1S/C16H31N3O3.HI/c1-2-17-15(19-13-16(20)7-3-4-8-16)18-9-5-10-22-14-6-11-21-12-14;/h14,20H,2-13H2,1H3,(H2,17,18,19);1H. The maximum Gasteiger partial charge on any atom is 0.191 e. The summed E-state index contributed by atoms with van der Waals surface area (Å²) in [5.41, 5.74) is -0.589. The molecule has 0 aromatic carbocycles. The van der Waals surface area contributed by atoms with E-state index in [2.05, 4.69) is 15.6 Å². The summed E-state index contributed by atoms with van der Waals surface area (Å²) in [7, 11) is 0. The minimum Gasteiger partial charge on any atom is -0.388 e. The largest absolute Gasteiger partial charge is 0.388 e. The predicted octanol–water partition coefficient (Wildman–Crippen LogP) is 1.66. The van der Waals surface area contributed by atoms with Crippen molar-refractivity contribution in [2.75, 3.05) is 39.5 Å². The molecular formula is C16H32IN3O3. The highest BCUT2D eigenvalue weighted by Crippen LogP contribution is 2.29. The molecule has 2 aliphatic rings. The van der Waals surface area contributed by atoms with Crippen molar-refractivity contribution in [2.45, 2.75) is 57.2 Å². The van der Waals surface area contributed by atoms with E-state index in [-0.39, 0.29) is 30.1 Å². The second kappa shape index (κ2) is 11.4. The highest BCUT2D eigenvalue weighted by Gasteiger charge is 2.30. The Morgan fingerprint density at radius 3 is 2.78 bits per heavy atom. The van der Waals surface area contributed by atoms with Gasteiger partial charge in [0.25, 0.3) is 0 Å². The first-order valence-corrected chi connectivity index (χ1v) is 8.66. The van der Waals surface area contributed by atoms with Crippen molar-refractivity contribution in [3.05, 3.63) is 0 Å². The number of guanidine groups is 1. The van der Waals surface area contributed by atoms with Crippen LogP contribution in [0.25, 0.3) is 0 Å². The SMILES string of the molecule is CCNC(=NCC1(O)CCCC1)NCCCOC1CCOC1.I. The van der Waals surface area contributed by atoms with Crippen LogP contribution in [0, 0.1) is 0 Å². The number of hydrogen-bond donors (Lipinski definition) is 3. The molecule has 1 saturated heterocycles. The Morgan fingerprint density at radius 1 is 1.35 bits per heavy atom. The zero-order valence-corrected chi connectivity index (χ0v) is 16.5. The number of hydrogen-bond acceptors (Lipinski definition) is 4. The molecular weight excluding hydrogens is 409 g/mol. The van der Waals surface area contributed by atoms with Crippen LogP contribution in [0.5, 0.6) is 0 Å². The van der Waals surface area contributed by atoms with E-state index in [9.17, 15) is 5.11 Å². The maximum atomic E-state index is 10.3. The van der Waals surface area contributed by atoms with E-state index in [1.54, 1.807) is 0 Å². The zero-order chi connectivity index (χ0) is 15.7. The number of ether oxygens (including phenoxy) is 2. The predicted molar refractivity (Wildman–Crippen MR) is 103 cm³/mol. The van der Waals surface area contributed by atoms with Gasteiger partial charge in [0.15, 0.2) is 5.96 Å². The Kier molecular flexibility index (Phi) is 10.4. The summed E-state index contributed by atoms with van der Waals surface area (Å²) in [6.07, 6.45) is 6.18. The second-order valence-corrected chi connectivity index (χ2v) is 6.26. The lowest BCUT2D eigenvalue weighted by molar-refractivity contribution is 0.0419. The van der Waals surface area contributed by atoms with Crippen molar-refractivity contribution in [1.29, 1.82) is 0 Å². The van der Waals surface area contributed by atoms with Crippen molar-refractivity contribution in [1.82, 2.24) is 10.6 Å². The van der Waals surface area contributed by atoms with E-state index >= 15 is 0 Å². The number of nitrogens with zero attached hydrogens (tertiary/aromatic N) is 1. The molecule has 1 aliphatic carbocycles. The molecule has 136 valence electrons. The lowest BCUT2D eigenvalue weighted by atomic mass is 10.0. The van der Waals surface area contributed by atoms with Gasteiger partial charge in [0, 0.05) is 26.3 Å². The van der Waals surface area contributed by atoms with E-state index in [1.807, 2.05) is 6.92 Å². The van der Waals surface area contributed by atoms with Crippen molar-refractivity contribution >= 4 is 29.9 Å². The number of aliphatic hydroxyl groups is 1. The van der Waals surface area contributed by atoms with Crippen molar-refractivity contribution in [3.8, 4) is 0 Å². The fourth-order valence-corrected chi connectivity index (χ4v) is 2.93. The van der Waals surface area contributed by atoms with Gasteiger partial charge in [0.1, 0.15) is 0 Å². The van der Waals surface area contributed by atoms with Crippen LogP contribution in [0.2, 0.25) is 0 Å². The second-order valence-electron chi connectivity index (χ2n) is 6.26. The summed E-state index contributed by atoms with van der Waals surface area (Å²) in [4.78, 5) is 4.53. The van der Waals surface area contributed by atoms with Crippen LogP contribution in [0.1, 0.15) is 45.4 Å². The molecule has 2 rings (SSSR count). The summed E-state index contributed by atoms with van der Waals surface area (Å²) >= 11 is 0. The van der Waals surface area contributed by atoms with Crippen LogP contribution in [0.3, 0.4) is 0 Å². The molecule has 0 bridgehead atoms. The van der Waals surface area contributed by atoms with E-state index in [0.717, 1.165) is 77.4 Å². The summed E-state index contributed by atoms with van der Waals surface area (Å²) in [6.45, 7) is 6.46.